The van der Waals surface area contributed by atoms with E-state index in [4.69, 9.17) is 5.73 Å². The molecule has 3 heteroatoms. The fourth-order valence-corrected chi connectivity index (χ4v) is 1.53. The average Bonchev–Trinajstić information content (AvgIpc) is 2.17. The molecule has 0 aromatic heterocycles. The van der Waals surface area contributed by atoms with Crippen molar-refractivity contribution < 1.29 is 4.39 Å². The topological polar surface area (TPSA) is 29.3 Å². The normalized spacial score (nSPS) is 12.3. The number of halogens is 1. The quantitative estimate of drug-likeness (QED) is 0.770. The maximum absolute atomic E-state index is 13.1. The van der Waals surface area contributed by atoms with Gasteiger partial charge in [-0.1, -0.05) is 6.08 Å². The third-order valence-corrected chi connectivity index (χ3v) is 2.29. The van der Waals surface area contributed by atoms with Crippen LogP contribution < -0.4 is 10.6 Å². The molecule has 2 N–H and O–H groups in total. The van der Waals surface area contributed by atoms with Gasteiger partial charge in [0.25, 0.3) is 0 Å². The highest BCUT2D eigenvalue weighted by molar-refractivity contribution is 5.54. The van der Waals surface area contributed by atoms with Crippen molar-refractivity contribution >= 4 is 5.69 Å². The van der Waals surface area contributed by atoms with Gasteiger partial charge in [0.1, 0.15) is 5.82 Å². The van der Waals surface area contributed by atoms with E-state index in [1.54, 1.807) is 12.1 Å². The maximum atomic E-state index is 13.1. The second kappa shape index (κ2) is 4.94. The zero-order valence-corrected chi connectivity index (χ0v) is 9.20. The molecule has 15 heavy (non-hydrogen) atoms. The summed E-state index contributed by atoms with van der Waals surface area (Å²) in [6.45, 7) is 6.23. The molecule has 0 aliphatic heterocycles. The Morgan fingerprint density at radius 3 is 2.80 bits per heavy atom. The van der Waals surface area contributed by atoms with E-state index >= 15 is 0 Å². The van der Waals surface area contributed by atoms with Gasteiger partial charge in [-0.25, -0.2) is 4.39 Å². The molecule has 2 nitrogen and oxygen atoms in total. The molecule has 0 saturated heterocycles. The van der Waals surface area contributed by atoms with Crippen LogP contribution >= 0.6 is 0 Å². The Hall–Kier alpha value is -1.35. The molecule has 1 aromatic carbocycles. The predicted molar refractivity (Wildman–Crippen MR) is 62.5 cm³/mol. The first-order valence-electron chi connectivity index (χ1n) is 4.93. The molecular formula is C12H17FN2. The van der Waals surface area contributed by atoms with Crippen LogP contribution in [0.25, 0.3) is 0 Å². The van der Waals surface area contributed by atoms with E-state index < -0.39 is 0 Å². The lowest BCUT2D eigenvalue weighted by atomic mass is 10.1. The summed E-state index contributed by atoms with van der Waals surface area (Å²) < 4.78 is 13.1. The molecule has 0 amide bonds. The van der Waals surface area contributed by atoms with Crippen molar-refractivity contribution in [3.8, 4) is 0 Å². The Morgan fingerprint density at radius 1 is 1.60 bits per heavy atom. The van der Waals surface area contributed by atoms with E-state index in [1.807, 2.05) is 18.9 Å². The second-order valence-electron chi connectivity index (χ2n) is 3.66. The fourth-order valence-electron chi connectivity index (χ4n) is 1.53. The summed E-state index contributed by atoms with van der Waals surface area (Å²) in [6, 6.07) is 4.50. The Bertz CT molecular complexity index is 347. The number of hydrogen-bond acceptors (Lipinski definition) is 2. The molecule has 1 rings (SSSR count). The smallest absolute Gasteiger partial charge is 0.123 e. The summed E-state index contributed by atoms with van der Waals surface area (Å²) in [4.78, 5) is 1.99. The molecule has 1 aromatic rings. The van der Waals surface area contributed by atoms with E-state index in [0.29, 0.717) is 6.54 Å². The van der Waals surface area contributed by atoms with Gasteiger partial charge in [0.2, 0.25) is 0 Å². The van der Waals surface area contributed by atoms with Crippen molar-refractivity contribution in [3.63, 3.8) is 0 Å². The second-order valence-corrected chi connectivity index (χ2v) is 3.66. The number of likely N-dealkylation sites (N-methyl/N-ethyl adjacent to an activating group) is 1. The fraction of sp³-hybridized carbons (Fsp3) is 0.333. The Morgan fingerprint density at radius 2 is 2.27 bits per heavy atom. The standard InChI is InChI=1S/C12H17FN2/c1-4-7-15(3)12-6-5-10(13)8-11(12)9(2)14/h4-6,8-9H,1,7,14H2,2-3H3. The van der Waals surface area contributed by atoms with Crippen LogP contribution in [-0.2, 0) is 0 Å². The van der Waals surface area contributed by atoms with E-state index in [1.165, 1.54) is 12.1 Å². The monoisotopic (exact) mass is 208 g/mol. The Kier molecular flexibility index (Phi) is 3.86. The molecule has 0 aliphatic carbocycles. The number of nitrogens with two attached hydrogens (primary N) is 1. The number of rotatable bonds is 4. The molecule has 0 spiro atoms. The lowest BCUT2D eigenvalue weighted by Gasteiger charge is -2.22. The minimum Gasteiger partial charge on any atom is -0.371 e. The van der Waals surface area contributed by atoms with Crippen molar-refractivity contribution in [1.82, 2.24) is 0 Å². The van der Waals surface area contributed by atoms with Crippen LogP contribution in [0.4, 0.5) is 10.1 Å². The van der Waals surface area contributed by atoms with Crippen LogP contribution in [0.15, 0.2) is 30.9 Å². The molecule has 0 heterocycles. The van der Waals surface area contributed by atoms with Gasteiger partial charge in [0, 0.05) is 25.3 Å². The molecular weight excluding hydrogens is 191 g/mol. The van der Waals surface area contributed by atoms with Crippen molar-refractivity contribution in [2.75, 3.05) is 18.5 Å². The zero-order chi connectivity index (χ0) is 11.4. The molecule has 1 unspecified atom stereocenters. The van der Waals surface area contributed by atoms with Gasteiger partial charge in [-0.15, -0.1) is 6.58 Å². The average molecular weight is 208 g/mol. The van der Waals surface area contributed by atoms with Crippen LogP contribution in [0.1, 0.15) is 18.5 Å². The summed E-state index contributed by atoms with van der Waals surface area (Å²) in [5.74, 6) is -0.252. The Balaban J connectivity index is 3.10. The minimum atomic E-state index is -0.252. The zero-order valence-electron chi connectivity index (χ0n) is 9.20. The SMILES string of the molecule is C=CCN(C)c1ccc(F)cc1C(C)N. The molecule has 0 aliphatic rings. The van der Waals surface area contributed by atoms with Crippen LogP contribution in [0.3, 0.4) is 0 Å². The van der Waals surface area contributed by atoms with Crippen molar-refractivity contribution in [1.29, 1.82) is 0 Å². The van der Waals surface area contributed by atoms with Crippen LogP contribution in [0.5, 0.6) is 0 Å². The highest BCUT2D eigenvalue weighted by atomic mass is 19.1. The van der Waals surface area contributed by atoms with Crippen molar-refractivity contribution in [2.45, 2.75) is 13.0 Å². The van der Waals surface area contributed by atoms with E-state index in [-0.39, 0.29) is 11.9 Å². The van der Waals surface area contributed by atoms with Crippen LogP contribution in [-0.4, -0.2) is 13.6 Å². The first kappa shape index (κ1) is 11.7. The summed E-state index contributed by atoms with van der Waals surface area (Å²) in [5.41, 5.74) is 7.57. The molecule has 82 valence electrons. The number of nitrogens with zero attached hydrogens (tertiary/aromatic N) is 1. The summed E-state index contributed by atoms with van der Waals surface area (Å²) in [6.07, 6.45) is 1.80. The van der Waals surface area contributed by atoms with E-state index in [0.717, 1.165) is 11.3 Å². The van der Waals surface area contributed by atoms with Gasteiger partial charge in [0.05, 0.1) is 0 Å². The van der Waals surface area contributed by atoms with Gasteiger partial charge in [0.15, 0.2) is 0 Å². The Labute approximate surface area is 90.2 Å². The first-order valence-corrected chi connectivity index (χ1v) is 4.93. The van der Waals surface area contributed by atoms with E-state index in [2.05, 4.69) is 6.58 Å². The molecule has 0 saturated carbocycles. The third kappa shape index (κ3) is 2.80. The highest BCUT2D eigenvalue weighted by Gasteiger charge is 2.10. The number of hydrogen-bond donors (Lipinski definition) is 1. The lowest BCUT2D eigenvalue weighted by Crippen LogP contribution is -2.20. The molecule has 0 radical (unpaired) electrons. The van der Waals surface area contributed by atoms with Crippen LogP contribution in [0.2, 0.25) is 0 Å². The summed E-state index contributed by atoms with van der Waals surface area (Å²) in [7, 11) is 1.93. The molecule has 0 bridgehead atoms. The number of benzene rings is 1. The highest BCUT2D eigenvalue weighted by Crippen LogP contribution is 2.25. The van der Waals surface area contributed by atoms with Crippen molar-refractivity contribution in [2.24, 2.45) is 5.73 Å². The summed E-state index contributed by atoms with van der Waals surface area (Å²) >= 11 is 0. The first-order chi connectivity index (χ1) is 7.06. The number of anilines is 1. The minimum absolute atomic E-state index is 0.178. The third-order valence-electron chi connectivity index (χ3n) is 2.29. The summed E-state index contributed by atoms with van der Waals surface area (Å²) in [5, 5.41) is 0. The molecule has 0 fully saturated rings. The van der Waals surface area contributed by atoms with Crippen molar-refractivity contribution in [3.05, 3.63) is 42.2 Å². The van der Waals surface area contributed by atoms with E-state index in [9.17, 15) is 4.39 Å². The van der Waals surface area contributed by atoms with Gasteiger partial charge < -0.3 is 10.6 Å². The lowest BCUT2D eigenvalue weighted by molar-refractivity contribution is 0.622. The van der Waals surface area contributed by atoms with Gasteiger partial charge in [-0.05, 0) is 30.7 Å². The van der Waals surface area contributed by atoms with Gasteiger partial charge >= 0.3 is 0 Å². The van der Waals surface area contributed by atoms with Crippen LogP contribution in [0, 0.1) is 5.82 Å². The largest absolute Gasteiger partial charge is 0.371 e. The maximum Gasteiger partial charge on any atom is 0.123 e. The van der Waals surface area contributed by atoms with Gasteiger partial charge in [-0.2, -0.15) is 0 Å². The predicted octanol–water partition coefficient (Wildman–Crippen LogP) is 2.47. The van der Waals surface area contributed by atoms with Gasteiger partial charge in [-0.3, -0.25) is 0 Å². The molecule has 1 atom stereocenters.